The van der Waals surface area contributed by atoms with E-state index in [1.54, 1.807) is 13.2 Å². The monoisotopic (exact) mass is 339 g/mol. The maximum absolute atomic E-state index is 12.1. The van der Waals surface area contributed by atoms with Crippen molar-refractivity contribution >= 4 is 17.7 Å². The molecule has 1 amide bonds. The smallest absolute Gasteiger partial charge is 0.248 e. The standard InChI is InChI=1S/C21H25NO3/c1-14(2)25-19-8-6-17(13-20(19)24-5)7-9-21(23)22-18-11-15(3)10-16(4)12-18/h6-14H,1-5H3,(H,22,23). The number of amides is 1. The van der Waals surface area contributed by atoms with Crippen molar-refractivity contribution in [1.82, 2.24) is 0 Å². The number of rotatable bonds is 6. The van der Waals surface area contributed by atoms with Crippen LogP contribution in [0.4, 0.5) is 5.69 Å². The minimum Gasteiger partial charge on any atom is -0.493 e. The summed E-state index contributed by atoms with van der Waals surface area (Å²) in [5.41, 5.74) is 3.89. The highest BCUT2D eigenvalue weighted by atomic mass is 16.5. The van der Waals surface area contributed by atoms with E-state index in [0.29, 0.717) is 11.5 Å². The van der Waals surface area contributed by atoms with Crippen LogP contribution < -0.4 is 14.8 Å². The Labute approximate surface area is 149 Å². The van der Waals surface area contributed by atoms with Gasteiger partial charge in [-0.3, -0.25) is 4.79 Å². The Kier molecular flexibility index (Phi) is 6.23. The first-order chi connectivity index (χ1) is 11.9. The number of nitrogens with one attached hydrogen (secondary N) is 1. The second-order valence-electron chi connectivity index (χ2n) is 6.28. The molecule has 0 saturated heterocycles. The van der Waals surface area contributed by atoms with Gasteiger partial charge in [-0.1, -0.05) is 12.1 Å². The van der Waals surface area contributed by atoms with Gasteiger partial charge in [-0.25, -0.2) is 0 Å². The fraction of sp³-hybridized carbons (Fsp3) is 0.286. The number of hydrogen-bond donors (Lipinski definition) is 1. The molecule has 0 radical (unpaired) electrons. The molecule has 2 aromatic carbocycles. The van der Waals surface area contributed by atoms with Gasteiger partial charge >= 0.3 is 0 Å². The number of carbonyl (C=O) groups excluding carboxylic acids is 1. The van der Waals surface area contributed by atoms with Crippen molar-refractivity contribution in [3.05, 3.63) is 59.2 Å². The van der Waals surface area contributed by atoms with Crippen LogP contribution in [-0.2, 0) is 4.79 Å². The largest absolute Gasteiger partial charge is 0.493 e. The number of benzene rings is 2. The number of anilines is 1. The van der Waals surface area contributed by atoms with E-state index in [-0.39, 0.29) is 12.0 Å². The summed E-state index contributed by atoms with van der Waals surface area (Å²) in [6.07, 6.45) is 3.33. The highest BCUT2D eigenvalue weighted by Gasteiger charge is 2.07. The van der Waals surface area contributed by atoms with Crippen molar-refractivity contribution in [1.29, 1.82) is 0 Å². The highest BCUT2D eigenvalue weighted by molar-refractivity contribution is 6.02. The number of carbonyl (C=O) groups is 1. The zero-order valence-corrected chi connectivity index (χ0v) is 15.4. The molecule has 0 fully saturated rings. The van der Waals surface area contributed by atoms with Crippen LogP contribution in [0.1, 0.15) is 30.5 Å². The predicted octanol–water partition coefficient (Wildman–Crippen LogP) is 4.75. The summed E-state index contributed by atoms with van der Waals surface area (Å²) in [4.78, 5) is 12.1. The fourth-order valence-corrected chi connectivity index (χ4v) is 2.54. The van der Waals surface area contributed by atoms with Crippen LogP contribution in [0.15, 0.2) is 42.5 Å². The van der Waals surface area contributed by atoms with Crippen molar-refractivity contribution in [3.8, 4) is 11.5 Å². The van der Waals surface area contributed by atoms with Gasteiger partial charge in [0.2, 0.25) is 5.91 Å². The molecule has 132 valence electrons. The number of methoxy groups -OCH3 is 1. The fourth-order valence-electron chi connectivity index (χ4n) is 2.54. The van der Waals surface area contributed by atoms with Gasteiger partial charge in [-0.05, 0) is 74.7 Å². The molecule has 2 rings (SSSR count). The summed E-state index contributed by atoms with van der Waals surface area (Å²) < 4.78 is 11.0. The van der Waals surface area contributed by atoms with Crippen molar-refractivity contribution in [2.24, 2.45) is 0 Å². The summed E-state index contributed by atoms with van der Waals surface area (Å²) in [6, 6.07) is 11.5. The molecule has 0 aliphatic rings. The first-order valence-corrected chi connectivity index (χ1v) is 8.29. The third kappa shape index (κ3) is 5.68. The van der Waals surface area contributed by atoms with Crippen molar-refractivity contribution in [3.63, 3.8) is 0 Å². The average Bonchev–Trinajstić information content (AvgIpc) is 2.52. The van der Waals surface area contributed by atoms with Gasteiger partial charge < -0.3 is 14.8 Å². The lowest BCUT2D eigenvalue weighted by atomic mass is 10.1. The van der Waals surface area contributed by atoms with E-state index in [1.807, 2.05) is 58.0 Å². The summed E-state index contributed by atoms with van der Waals surface area (Å²) in [7, 11) is 1.60. The van der Waals surface area contributed by atoms with Gasteiger partial charge in [0, 0.05) is 11.8 Å². The van der Waals surface area contributed by atoms with E-state index in [1.165, 1.54) is 6.08 Å². The molecular formula is C21H25NO3. The summed E-state index contributed by atoms with van der Waals surface area (Å²) in [6.45, 7) is 7.94. The molecule has 0 spiro atoms. The van der Waals surface area contributed by atoms with E-state index in [0.717, 1.165) is 22.4 Å². The predicted molar refractivity (Wildman–Crippen MR) is 102 cm³/mol. The quantitative estimate of drug-likeness (QED) is 0.773. The van der Waals surface area contributed by atoms with Crippen LogP contribution in [0.5, 0.6) is 11.5 Å². The third-order valence-corrected chi connectivity index (χ3v) is 3.47. The Morgan fingerprint density at radius 3 is 2.32 bits per heavy atom. The molecule has 0 saturated carbocycles. The topological polar surface area (TPSA) is 47.6 Å². The van der Waals surface area contributed by atoms with Crippen molar-refractivity contribution in [2.45, 2.75) is 33.8 Å². The Hall–Kier alpha value is -2.75. The Morgan fingerprint density at radius 2 is 1.72 bits per heavy atom. The van der Waals surface area contributed by atoms with Gasteiger partial charge in [0.05, 0.1) is 13.2 Å². The van der Waals surface area contributed by atoms with Crippen molar-refractivity contribution < 1.29 is 14.3 Å². The zero-order chi connectivity index (χ0) is 18.4. The minimum absolute atomic E-state index is 0.0684. The first kappa shape index (κ1) is 18.6. The SMILES string of the molecule is COc1cc(C=CC(=O)Nc2cc(C)cc(C)c2)ccc1OC(C)C. The molecule has 0 unspecified atom stereocenters. The molecule has 1 N–H and O–H groups in total. The minimum atomic E-state index is -0.175. The second-order valence-corrected chi connectivity index (χ2v) is 6.28. The lowest BCUT2D eigenvalue weighted by molar-refractivity contribution is -0.111. The lowest BCUT2D eigenvalue weighted by Crippen LogP contribution is -2.08. The van der Waals surface area contributed by atoms with Gasteiger partial charge in [0.25, 0.3) is 0 Å². The molecule has 0 heterocycles. The average molecular weight is 339 g/mol. The molecule has 0 aliphatic heterocycles. The summed E-state index contributed by atoms with van der Waals surface area (Å²) in [5, 5.41) is 2.88. The van der Waals surface area contributed by atoms with Gasteiger partial charge in [0.15, 0.2) is 11.5 Å². The van der Waals surface area contributed by atoms with Crippen LogP contribution in [0.3, 0.4) is 0 Å². The maximum Gasteiger partial charge on any atom is 0.248 e. The first-order valence-electron chi connectivity index (χ1n) is 8.29. The van der Waals surface area contributed by atoms with E-state index < -0.39 is 0 Å². The molecular weight excluding hydrogens is 314 g/mol. The summed E-state index contributed by atoms with van der Waals surface area (Å²) in [5.74, 6) is 1.16. The highest BCUT2D eigenvalue weighted by Crippen LogP contribution is 2.29. The van der Waals surface area contributed by atoms with Crippen LogP contribution in [0, 0.1) is 13.8 Å². The van der Waals surface area contributed by atoms with Crippen LogP contribution >= 0.6 is 0 Å². The van der Waals surface area contributed by atoms with Gasteiger partial charge in [-0.2, -0.15) is 0 Å². The summed E-state index contributed by atoms with van der Waals surface area (Å²) >= 11 is 0. The van der Waals surface area contributed by atoms with Gasteiger partial charge in [0.1, 0.15) is 0 Å². The number of aryl methyl sites for hydroxylation is 2. The molecule has 0 aromatic heterocycles. The van der Waals surface area contributed by atoms with E-state index in [4.69, 9.17) is 9.47 Å². The molecule has 0 atom stereocenters. The molecule has 4 heteroatoms. The number of ether oxygens (including phenoxy) is 2. The second kappa shape index (κ2) is 8.38. The van der Waals surface area contributed by atoms with Crippen molar-refractivity contribution in [2.75, 3.05) is 12.4 Å². The zero-order valence-electron chi connectivity index (χ0n) is 15.4. The Morgan fingerprint density at radius 1 is 1.04 bits per heavy atom. The maximum atomic E-state index is 12.1. The molecule has 4 nitrogen and oxygen atoms in total. The molecule has 0 bridgehead atoms. The Bertz CT molecular complexity index is 758. The normalized spacial score (nSPS) is 11.0. The van der Waals surface area contributed by atoms with E-state index >= 15 is 0 Å². The number of hydrogen-bond acceptors (Lipinski definition) is 3. The molecule has 25 heavy (non-hydrogen) atoms. The molecule has 0 aliphatic carbocycles. The van der Waals surface area contributed by atoms with Gasteiger partial charge in [-0.15, -0.1) is 0 Å². The third-order valence-electron chi connectivity index (χ3n) is 3.47. The lowest BCUT2D eigenvalue weighted by Gasteiger charge is -2.13. The Balaban J connectivity index is 2.08. The van der Waals surface area contributed by atoms with Crippen LogP contribution in [0.25, 0.3) is 6.08 Å². The van der Waals surface area contributed by atoms with E-state index in [2.05, 4.69) is 11.4 Å². The van der Waals surface area contributed by atoms with Crippen LogP contribution in [0.2, 0.25) is 0 Å². The molecule has 2 aromatic rings. The van der Waals surface area contributed by atoms with Crippen LogP contribution in [-0.4, -0.2) is 19.1 Å². The van der Waals surface area contributed by atoms with E-state index in [9.17, 15) is 4.79 Å².